The summed E-state index contributed by atoms with van der Waals surface area (Å²) in [6.45, 7) is 3.24. The van der Waals surface area contributed by atoms with Crippen LogP contribution in [0.2, 0.25) is 10.0 Å². The average Bonchev–Trinajstić information content (AvgIpc) is 3.07. The van der Waals surface area contributed by atoms with Crippen molar-refractivity contribution < 1.29 is 4.79 Å². The number of nitrogens with two attached hydrogens (primary N) is 2. The maximum absolute atomic E-state index is 12.4. The first-order valence-corrected chi connectivity index (χ1v) is 11.6. The van der Waals surface area contributed by atoms with E-state index in [-0.39, 0.29) is 17.2 Å². The van der Waals surface area contributed by atoms with Crippen molar-refractivity contribution in [3.63, 3.8) is 0 Å². The molecule has 1 atom stereocenters. The third-order valence-corrected chi connectivity index (χ3v) is 7.80. The molecular weight excluding hydrogens is 459 g/mol. The van der Waals surface area contributed by atoms with Gasteiger partial charge in [-0.3, -0.25) is 9.78 Å². The molecule has 33 heavy (non-hydrogen) atoms. The quantitative estimate of drug-likeness (QED) is 0.588. The number of anilines is 1. The molecule has 4 N–H and O–H groups in total. The number of amides is 1. The smallest absolute Gasteiger partial charge is 0.268 e. The zero-order valence-corrected chi connectivity index (χ0v) is 19.7. The molecule has 1 spiro atoms. The van der Waals surface area contributed by atoms with Crippen molar-refractivity contribution in [3.05, 3.63) is 69.2 Å². The monoisotopic (exact) mass is 482 g/mol. The Balaban J connectivity index is 1.48. The van der Waals surface area contributed by atoms with Crippen LogP contribution in [0.5, 0.6) is 0 Å². The summed E-state index contributed by atoms with van der Waals surface area (Å²) in [4.78, 5) is 28.4. The Bertz CT molecular complexity index is 1260. The van der Waals surface area contributed by atoms with Gasteiger partial charge in [-0.1, -0.05) is 41.4 Å². The van der Waals surface area contributed by atoms with Crippen LogP contribution < -0.4 is 16.4 Å². The van der Waals surface area contributed by atoms with Gasteiger partial charge in [-0.2, -0.15) is 0 Å². The van der Waals surface area contributed by atoms with Crippen molar-refractivity contribution >= 4 is 35.1 Å². The van der Waals surface area contributed by atoms with Crippen LogP contribution in [0, 0.1) is 6.92 Å². The molecule has 1 aliphatic heterocycles. The first kappa shape index (κ1) is 22.1. The summed E-state index contributed by atoms with van der Waals surface area (Å²) >= 11 is 12.6. The highest BCUT2D eigenvalue weighted by atomic mass is 35.5. The molecule has 9 heteroatoms. The number of hydrogen-bond donors (Lipinski definition) is 2. The number of rotatable bonds is 3. The second-order valence-electron chi connectivity index (χ2n) is 8.76. The summed E-state index contributed by atoms with van der Waals surface area (Å²) in [5.74, 6) is -0.164. The first-order chi connectivity index (χ1) is 15.8. The number of pyridine rings is 1. The molecule has 0 saturated carbocycles. The van der Waals surface area contributed by atoms with E-state index < -0.39 is 5.91 Å². The van der Waals surface area contributed by atoms with E-state index in [2.05, 4.69) is 20.9 Å². The third-order valence-electron chi connectivity index (χ3n) is 6.98. The summed E-state index contributed by atoms with van der Waals surface area (Å²) in [6, 6.07) is 9.36. The van der Waals surface area contributed by atoms with Crippen molar-refractivity contribution in [1.82, 2.24) is 15.0 Å². The molecule has 1 fully saturated rings. The summed E-state index contributed by atoms with van der Waals surface area (Å²) in [5, 5.41) is 0.721. The summed E-state index contributed by atoms with van der Waals surface area (Å²) in [5.41, 5.74) is 16.4. The highest BCUT2D eigenvalue weighted by molar-refractivity contribution is 6.43. The van der Waals surface area contributed by atoms with Crippen molar-refractivity contribution in [2.24, 2.45) is 11.5 Å². The van der Waals surface area contributed by atoms with Gasteiger partial charge in [0.2, 0.25) is 5.95 Å². The van der Waals surface area contributed by atoms with Gasteiger partial charge in [0, 0.05) is 41.9 Å². The maximum Gasteiger partial charge on any atom is 0.268 e. The third kappa shape index (κ3) is 3.55. The Hall–Kier alpha value is -2.74. The van der Waals surface area contributed by atoms with Crippen LogP contribution >= 0.6 is 23.2 Å². The molecule has 1 aromatic carbocycles. The van der Waals surface area contributed by atoms with Gasteiger partial charge in [0.05, 0.1) is 21.4 Å². The fraction of sp³-hybridized carbons (Fsp3) is 0.333. The van der Waals surface area contributed by atoms with Gasteiger partial charge >= 0.3 is 0 Å². The molecule has 2 aliphatic rings. The Kier molecular flexibility index (Phi) is 5.51. The van der Waals surface area contributed by atoms with Gasteiger partial charge < -0.3 is 16.4 Å². The number of benzene rings is 1. The molecule has 1 aliphatic carbocycles. The lowest BCUT2D eigenvalue weighted by Gasteiger charge is -2.42. The van der Waals surface area contributed by atoms with Crippen molar-refractivity contribution in [2.75, 3.05) is 18.0 Å². The number of nitrogens with zero attached hydrogens (tertiary/aromatic N) is 4. The van der Waals surface area contributed by atoms with Gasteiger partial charge in [0.15, 0.2) is 0 Å². The average molecular weight is 483 g/mol. The SMILES string of the molecule is Cc1nc(N2CCC3(CC2)c2ncccc2C[C@H]3N)nc(C(N)=O)c1-c1cccc(Cl)c1Cl. The second-order valence-corrected chi connectivity index (χ2v) is 9.55. The summed E-state index contributed by atoms with van der Waals surface area (Å²) < 4.78 is 0. The van der Waals surface area contributed by atoms with Crippen LogP contribution in [-0.4, -0.2) is 40.0 Å². The van der Waals surface area contributed by atoms with Crippen molar-refractivity contribution in [3.8, 4) is 11.1 Å². The van der Waals surface area contributed by atoms with E-state index in [0.29, 0.717) is 45.9 Å². The van der Waals surface area contributed by atoms with Gasteiger partial charge in [-0.15, -0.1) is 0 Å². The van der Waals surface area contributed by atoms with Crippen LogP contribution in [0.3, 0.4) is 0 Å². The van der Waals surface area contributed by atoms with E-state index in [1.54, 1.807) is 18.2 Å². The number of carbonyl (C=O) groups is 1. The highest BCUT2D eigenvalue weighted by Crippen LogP contribution is 2.45. The molecule has 7 nitrogen and oxygen atoms in total. The predicted molar refractivity (Wildman–Crippen MR) is 130 cm³/mol. The van der Waals surface area contributed by atoms with E-state index in [0.717, 1.165) is 25.0 Å². The molecule has 0 radical (unpaired) electrons. The molecule has 170 valence electrons. The Morgan fingerprint density at radius 3 is 2.64 bits per heavy atom. The largest absolute Gasteiger partial charge is 0.364 e. The number of halogens is 2. The van der Waals surface area contributed by atoms with Gasteiger partial charge in [-0.25, -0.2) is 9.97 Å². The van der Waals surface area contributed by atoms with E-state index in [9.17, 15) is 4.79 Å². The fourth-order valence-corrected chi connectivity index (χ4v) is 5.67. The van der Waals surface area contributed by atoms with Crippen molar-refractivity contribution in [2.45, 2.75) is 37.6 Å². The Morgan fingerprint density at radius 1 is 1.15 bits per heavy atom. The van der Waals surface area contributed by atoms with E-state index >= 15 is 0 Å². The number of hydrogen-bond acceptors (Lipinski definition) is 6. The van der Waals surface area contributed by atoms with Crippen LogP contribution in [0.1, 0.15) is 40.3 Å². The molecule has 1 saturated heterocycles. The molecule has 5 rings (SSSR count). The fourth-order valence-electron chi connectivity index (χ4n) is 5.27. The van der Waals surface area contributed by atoms with Crippen LogP contribution in [-0.2, 0) is 11.8 Å². The van der Waals surface area contributed by atoms with Crippen LogP contribution in [0.4, 0.5) is 5.95 Å². The maximum atomic E-state index is 12.4. The van der Waals surface area contributed by atoms with E-state index in [4.69, 9.17) is 39.7 Å². The predicted octanol–water partition coefficient (Wildman–Crippen LogP) is 3.67. The molecule has 0 unspecified atom stereocenters. The molecule has 2 aromatic heterocycles. The first-order valence-electron chi connectivity index (χ1n) is 10.9. The lowest BCUT2D eigenvalue weighted by molar-refractivity contribution is 0.0996. The highest BCUT2D eigenvalue weighted by Gasteiger charge is 2.48. The topological polar surface area (TPSA) is 111 Å². The molecule has 1 amide bonds. The Labute approximate surface area is 202 Å². The van der Waals surface area contributed by atoms with Gasteiger partial charge in [0.25, 0.3) is 5.91 Å². The normalized spacial score (nSPS) is 19.0. The van der Waals surface area contributed by atoms with Crippen LogP contribution in [0.25, 0.3) is 11.1 Å². The number of aryl methyl sites for hydroxylation is 1. The molecule has 3 aromatic rings. The summed E-state index contributed by atoms with van der Waals surface area (Å²) in [6.07, 6.45) is 4.37. The van der Waals surface area contributed by atoms with E-state index in [1.165, 1.54) is 5.56 Å². The molecular formula is C24H24Cl2N6O. The number of primary amides is 1. The number of piperidine rings is 1. The second kappa shape index (κ2) is 8.24. The van der Waals surface area contributed by atoms with Gasteiger partial charge in [-0.05, 0) is 43.9 Å². The standard InChI is InChI=1S/C24H24Cl2N6O/c1-13-18(15-5-2-6-16(25)19(15)26)20(22(28)33)31-23(30-13)32-10-7-24(8-11-32)17(27)12-14-4-3-9-29-21(14)24/h2-6,9,17H,7-8,10-12,27H2,1H3,(H2,28,33)/t17-/m1/s1. The minimum absolute atomic E-state index is 0.0423. The van der Waals surface area contributed by atoms with Gasteiger partial charge in [0.1, 0.15) is 5.69 Å². The van der Waals surface area contributed by atoms with Crippen LogP contribution in [0.15, 0.2) is 36.5 Å². The zero-order valence-electron chi connectivity index (χ0n) is 18.2. The number of aromatic nitrogens is 3. The zero-order chi connectivity index (χ0) is 23.3. The lowest BCUT2D eigenvalue weighted by Crippen LogP contribution is -2.51. The van der Waals surface area contributed by atoms with Crippen molar-refractivity contribution in [1.29, 1.82) is 0 Å². The number of fused-ring (bicyclic) bond motifs is 2. The number of carbonyl (C=O) groups excluding carboxylic acids is 1. The summed E-state index contributed by atoms with van der Waals surface area (Å²) in [7, 11) is 0. The molecule has 3 heterocycles. The molecule has 0 bridgehead atoms. The Morgan fingerprint density at radius 2 is 1.91 bits per heavy atom. The lowest BCUT2D eigenvalue weighted by atomic mass is 9.73. The minimum Gasteiger partial charge on any atom is -0.364 e. The minimum atomic E-state index is -0.641. The van der Waals surface area contributed by atoms with E-state index in [1.807, 2.05) is 19.2 Å².